The molecule has 2 aromatic carbocycles. The molecule has 1 amide bonds. The van der Waals surface area contributed by atoms with Crippen LogP contribution in [-0.2, 0) is 0 Å². The van der Waals surface area contributed by atoms with E-state index in [1.807, 2.05) is 0 Å². The molecule has 0 spiro atoms. The zero-order valence-electron chi connectivity index (χ0n) is 14.9. The summed E-state index contributed by atoms with van der Waals surface area (Å²) in [6.07, 6.45) is 0. The van der Waals surface area contributed by atoms with Gasteiger partial charge < -0.3 is 10.1 Å². The predicted octanol–water partition coefficient (Wildman–Crippen LogP) is 3.85. The van der Waals surface area contributed by atoms with E-state index < -0.39 is 11.7 Å². The minimum Gasteiger partial charge on any atom is -0.497 e. The van der Waals surface area contributed by atoms with E-state index in [0.29, 0.717) is 16.3 Å². The van der Waals surface area contributed by atoms with Crippen LogP contribution in [0.2, 0.25) is 0 Å². The number of nitrogens with one attached hydrogen (secondary N) is 1. The Morgan fingerprint density at radius 2 is 1.82 bits per heavy atom. The maximum absolute atomic E-state index is 13.2. The second-order valence-corrected chi connectivity index (χ2v) is 6.66. The molecule has 1 N–H and O–H groups in total. The van der Waals surface area contributed by atoms with Gasteiger partial charge in [-0.05, 0) is 42.5 Å². The van der Waals surface area contributed by atoms with Crippen LogP contribution in [-0.4, -0.2) is 34.8 Å². The van der Waals surface area contributed by atoms with E-state index in [4.69, 9.17) is 4.74 Å². The molecule has 3 rings (SSSR count). The molecule has 0 fully saturated rings. The number of aromatic nitrogens is 2. The number of benzene rings is 2. The molecule has 0 aliphatic heterocycles. The summed E-state index contributed by atoms with van der Waals surface area (Å²) in [5.41, 5.74) is 0.739. The van der Waals surface area contributed by atoms with Gasteiger partial charge in [-0.15, -0.1) is 10.2 Å². The third kappa shape index (κ3) is 5.14. The molecule has 6 nitrogen and oxygen atoms in total. The number of ether oxygens (including phenoxy) is 1. The first-order valence-electron chi connectivity index (χ1n) is 8.26. The van der Waals surface area contributed by atoms with Crippen LogP contribution in [0.15, 0.2) is 65.7 Å². The highest BCUT2D eigenvalue weighted by atomic mass is 32.2. The predicted molar refractivity (Wildman–Crippen MR) is 104 cm³/mol. The molecule has 0 atom stereocenters. The summed E-state index contributed by atoms with van der Waals surface area (Å²) in [6.45, 7) is 0. The fourth-order valence-electron chi connectivity index (χ4n) is 2.30. The quantitative estimate of drug-likeness (QED) is 0.482. The van der Waals surface area contributed by atoms with Crippen molar-refractivity contribution in [2.75, 3.05) is 18.2 Å². The lowest BCUT2D eigenvalue weighted by molar-refractivity contribution is 0.101. The minimum atomic E-state index is -0.494. The van der Waals surface area contributed by atoms with Crippen molar-refractivity contribution < 1.29 is 18.7 Å². The number of carbonyl (C=O) groups is 2. The van der Waals surface area contributed by atoms with Gasteiger partial charge in [0.1, 0.15) is 16.6 Å². The molecule has 0 unspecified atom stereocenters. The van der Waals surface area contributed by atoms with Crippen LogP contribution in [0.25, 0.3) is 0 Å². The van der Waals surface area contributed by atoms with Gasteiger partial charge in [-0.25, -0.2) is 4.39 Å². The van der Waals surface area contributed by atoms with Gasteiger partial charge in [0.25, 0.3) is 5.91 Å². The van der Waals surface area contributed by atoms with Gasteiger partial charge in [0, 0.05) is 11.1 Å². The molecule has 3 aromatic rings. The first-order chi connectivity index (χ1) is 13.5. The highest BCUT2D eigenvalue weighted by Gasteiger charge is 2.10. The molecular weight excluding hydrogens is 381 g/mol. The lowest BCUT2D eigenvalue weighted by atomic mass is 10.1. The number of nitrogens with zero attached hydrogens (tertiary/aromatic N) is 2. The average Bonchev–Trinajstić information content (AvgIpc) is 2.73. The monoisotopic (exact) mass is 397 g/mol. The van der Waals surface area contributed by atoms with Crippen LogP contribution in [0.5, 0.6) is 5.75 Å². The number of thioether (sulfide) groups is 1. The lowest BCUT2D eigenvalue weighted by Gasteiger charge is -2.05. The van der Waals surface area contributed by atoms with Crippen LogP contribution in [0.1, 0.15) is 20.7 Å². The molecule has 0 aliphatic carbocycles. The van der Waals surface area contributed by atoms with Crippen molar-refractivity contribution in [3.05, 3.63) is 77.6 Å². The van der Waals surface area contributed by atoms with Gasteiger partial charge in [0.15, 0.2) is 11.6 Å². The zero-order valence-corrected chi connectivity index (χ0v) is 15.7. The number of halogens is 1. The smallest absolute Gasteiger partial charge is 0.256 e. The number of hydrogen-bond donors (Lipinski definition) is 1. The highest BCUT2D eigenvalue weighted by Crippen LogP contribution is 2.19. The molecular formula is C20H16FN3O3S. The largest absolute Gasteiger partial charge is 0.497 e. The maximum Gasteiger partial charge on any atom is 0.256 e. The Labute approximate surface area is 165 Å². The SMILES string of the molecule is COc1cccc(C(=O)CSc2ccc(NC(=O)c3cccc(F)c3)nn2)c1. The van der Waals surface area contributed by atoms with Crippen LogP contribution >= 0.6 is 11.8 Å². The summed E-state index contributed by atoms with van der Waals surface area (Å²) >= 11 is 1.24. The third-order valence-corrected chi connectivity index (χ3v) is 4.63. The Morgan fingerprint density at radius 3 is 2.54 bits per heavy atom. The van der Waals surface area contributed by atoms with Crippen molar-refractivity contribution in [2.24, 2.45) is 0 Å². The second-order valence-electron chi connectivity index (χ2n) is 5.67. The molecule has 0 aliphatic rings. The lowest BCUT2D eigenvalue weighted by Crippen LogP contribution is -2.13. The van der Waals surface area contributed by atoms with Crippen molar-refractivity contribution >= 4 is 29.3 Å². The van der Waals surface area contributed by atoms with Crippen molar-refractivity contribution in [3.8, 4) is 5.75 Å². The topological polar surface area (TPSA) is 81.2 Å². The zero-order chi connectivity index (χ0) is 19.9. The van der Waals surface area contributed by atoms with Crippen molar-refractivity contribution in [3.63, 3.8) is 0 Å². The standard InChI is InChI=1S/C20H16FN3O3S/c1-27-16-7-3-4-13(11-16)17(25)12-28-19-9-8-18(23-24-19)22-20(26)14-5-2-6-15(21)10-14/h2-11H,12H2,1H3,(H,22,23,26). The Balaban J connectivity index is 1.57. The second kappa shape index (κ2) is 9.09. The van der Waals surface area contributed by atoms with Gasteiger partial charge in [-0.3, -0.25) is 9.59 Å². The van der Waals surface area contributed by atoms with Gasteiger partial charge >= 0.3 is 0 Å². The van der Waals surface area contributed by atoms with Crippen molar-refractivity contribution in [1.82, 2.24) is 10.2 Å². The average molecular weight is 397 g/mol. The molecule has 1 heterocycles. The van der Waals surface area contributed by atoms with Crippen LogP contribution < -0.4 is 10.1 Å². The number of anilines is 1. The first-order valence-corrected chi connectivity index (χ1v) is 9.24. The maximum atomic E-state index is 13.2. The van der Waals surface area contributed by atoms with Crippen molar-refractivity contribution in [1.29, 1.82) is 0 Å². The molecule has 142 valence electrons. The third-order valence-electron chi connectivity index (χ3n) is 3.71. The number of rotatable bonds is 7. The van der Waals surface area contributed by atoms with E-state index in [1.54, 1.807) is 43.5 Å². The first kappa shape index (κ1) is 19.5. The van der Waals surface area contributed by atoms with Crippen LogP contribution in [0, 0.1) is 5.82 Å². The molecule has 28 heavy (non-hydrogen) atoms. The summed E-state index contributed by atoms with van der Waals surface area (Å²) in [6, 6.07) is 15.5. The van der Waals surface area contributed by atoms with E-state index in [2.05, 4.69) is 15.5 Å². The Hall–Kier alpha value is -3.26. The van der Waals surface area contributed by atoms with Crippen LogP contribution in [0.4, 0.5) is 10.2 Å². The van der Waals surface area contributed by atoms with Crippen molar-refractivity contribution in [2.45, 2.75) is 5.03 Å². The molecule has 0 radical (unpaired) electrons. The molecule has 1 aromatic heterocycles. The molecule has 0 saturated carbocycles. The number of methoxy groups -OCH3 is 1. The van der Waals surface area contributed by atoms with E-state index >= 15 is 0 Å². The number of hydrogen-bond acceptors (Lipinski definition) is 6. The Morgan fingerprint density at radius 1 is 1.04 bits per heavy atom. The van der Waals surface area contributed by atoms with Gasteiger partial charge in [0.2, 0.25) is 0 Å². The highest BCUT2D eigenvalue weighted by molar-refractivity contribution is 7.99. The summed E-state index contributed by atoms with van der Waals surface area (Å²) in [7, 11) is 1.54. The summed E-state index contributed by atoms with van der Waals surface area (Å²) in [5.74, 6) is 0.00571. The molecule has 8 heteroatoms. The van der Waals surface area contributed by atoms with Gasteiger partial charge in [0.05, 0.1) is 12.9 Å². The van der Waals surface area contributed by atoms with E-state index in [0.717, 1.165) is 6.07 Å². The minimum absolute atomic E-state index is 0.0609. The summed E-state index contributed by atoms with van der Waals surface area (Å²) < 4.78 is 18.3. The van der Waals surface area contributed by atoms with Crippen LogP contribution in [0.3, 0.4) is 0 Å². The Kier molecular flexibility index (Phi) is 6.33. The van der Waals surface area contributed by atoms with E-state index in [9.17, 15) is 14.0 Å². The number of Topliss-reactive ketones (excluding diaryl/α,β-unsaturated/α-hetero) is 1. The molecule has 0 bridgehead atoms. The Bertz CT molecular complexity index is 996. The van der Waals surface area contributed by atoms with E-state index in [1.165, 1.54) is 30.0 Å². The van der Waals surface area contributed by atoms with Gasteiger partial charge in [-0.1, -0.05) is 30.0 Å². The number of ketones is 1. The van der Waals surface area contributed by atoms with E-state index in [-0.39, 0.29) is 22.9 Å². The normalized spacial score (nSPS) is 10.4. The summed E-state index contributed by atoms with van der Waals surface area (Å²) in [4.78, 5) is 24.3. The summed E-state index contributed by atoms with van der Waals surface area (Å²) in [5, 5.41) is 11.0. The molecule has 0 saturated heterocycles. The van der Waals surface area contributed by atoms with Gasteiger partial charge in [-0.2, -0.15) is 0 Å². The fraction of sp³-hybridized carbons (Fsp3) is 0.100. The number of carbonyl (C=O) groups excluding carboxylic acids is 2. The fourth-order valence-corrected chi connectivity index (χ4v) is 3.01. The number of amides is 1.